The summed E-state index contributed by atoms with van der Waals surface area (Å²) in [5.74, 6) is -1.39. The van der Waals surface area contributed by atoms with Crippen LogP contribution in [0.2, 0.25) is 0 Å². The van der Waals surface area contributed by atoms with E-state index in [-0.39, 0.29) is 34.7 Å². The topological polar surface area (TPSA) is 131 Å². The van der Waals surface area contributed by atoms with Gasteiger partial charge in [-0.2, -0.15) is 16.9 Å². The molecule has 3 aromatic rings. The Morgan fingerprint density at radius 2 is 1.97 bits per heavy atom. The molecule has 9 nitrogen and oxygen atoms in total. The van der Waals surface area contributed by atoms with Crippen molar-refractivity contribution < 1.29 is 18.3 Å². The average Bonchev–Trinajstić information content (AvgIpc) is 3.24. The summed E-state index contributed by atoms with van der Waals surface area (Å²) in [6.45, 7) is 0.333. The summed E-state index contributed by atoms with van der Waals surface area (Å²) in [6, 6.07) is 12.1. The molecule has 152 valence electrons. The van der Waals surface area contributed by atoms with E-state index in [0.717, 1.165) is 10.8 Å². The molecule has 1 aromatic heterocycles. The zero-order valence-corrected chi connectivity index (χ0v) is 16.9. The molecule has 2 aromatic carbocycles. The van der Waals surface area contributed by atoms with E-state index in [2.05, 4.69) is 22.9 Å². The molecule has 0 amide bonds. The number of thiol groups is 1. The highest BCUT2D eigenvalue weighted by Gasteiger charge is 2.40. The number of carboxylic acids is 1. The molecule has 3 N–H and O–H groups in total. The van der Waals surface area contributed by atoms with Gasteiger partial charge >= 0.3 is 5.97 Å². The van der Waals surface area contributed by atoms with Crippen LogP contribution in [0, 0.1) is 0 Å². The van der Waals surface area contributed by atoms with E-state index in [1.807, 2.05) is 24.3 Å². The number of anilines is 1. The summed E-state index contributed by atoms with van der Waals surface area (Å²) in [4.78, 5) is 11.3. The molecule has 0 radical (unpaired) electrons. The SMILES string of the molecule is Nc1c(C(=O)O)nnn1C[C@@H]1C[C@@H](S)CN1S(=O)(=O)c1ccc2ccccc2c1. The molecule has 1 fully saturated rings. The summed E-state index contributed by atoms with van der Waals surface area (Å²) in [5, 5.41) is 18.0. The molecule has 1 saturated heterocycles. The molecule has 2 heterocycles. The summed E-state index contributed by atoms with van der Waals surface area (Å²) in [5.41, 5.74) is 5.46. The molecule has 0 spiro atoms. The maximum atomic E-state index is 13.3. The maximum Gasteiger partial charge on any atom is 0.360 e. The van der Waals surface area contributed by atoms with Crippen molar-refractivity contribution in [3.63, 3.8) is 0 Å². The van der Waals surface area contributed by atoms with Crippen LogP contribution in [-0.4, -0.2) is 56.6 Å². The zero-order chi connectivity index (χ0) is 20.8. The number of nitrogens with zero attached hydrogens (tertiary/aromatic N) is 4. The second-order valence-electron chi connectivity index (χ2n) is 6.94. The first-order valence-corrected chi connectivity index (χ1v) is 10.8. The predicted molar refractivity (Wildman–Crippen MR) is 110 cm³/mol. The van der Waals surface area contributed by atoms with Crippen LogP contribution in [0.4, 0.5) is 5.82 Å². The summed E-state index contributed by atoms with van der Waals surface area (Å²) < 4.78 is 29.3. The second-order valence-corrected chi connectivity index (χ2v) is 9.56. The van der Waals surface area contributed by atoms with E-state index in [9.17, 15) is 13.2 Å². The fraction of sp³-hybridized carbons (Fsp3) is 0.278. The van der Waals surface area contributed by atoms with Crippen molar-refractivity contribution in [3.8, 4) is 0 Å². The van der Waals surface area contributed by atoms with Crippen LogP contribution in [0.3, 0.4) is 0 Å². The van der Waals surface area contributed by atoms with Gasteiger partial charge in [0.05, 0.1) is 11.4 Å². The third kappa shape index (κ3) is 3.56. The Bertz CT molecular complexity index is 1190. The highest BCUT2D eigenvalue weighted by molar-refractivity contribution is 7.89. The standard InChI is InChI=1S/C18H19N5O4S2/c19-17-16(18(24)25)20-21-22(17)9-13-8-14(28)10-23(13)29(26,27)15-6-5-11-3-1-2-4-12(11)7-15/h1-7,13-14,28H,8-10,19H2,(H,24,25)/t13-,14+/m0/s1. The lowest BCUT2D eigenvalue weighted by molar-refractivity contribution is 0.0691. The summed E-state index contributed by atoms with van der Waals surface area (Å²) in [7, 11) is -3.79. The third-order valence-electron chi connectivity index (χ3n) is 5.03. The van der Waals surface area contributed by atoms with E-state index < -0.39 is 22.0 Å². The zero-order valence-electron chi connectivity index (χ0n) is 15.2. The van der Waals surface area contributed by atoms with Gasteiger partial charge in [0.2, 0.25) is 15.7 Å². The minimum absolute atomic E-state index is 0.0932. The number of benzene rings is 2. The monoisotopic (exact) mass is 433 g/mol. The van der Waals surface area contributed by atoms with Gasteiger partial charge in [-0.25, -0.2) is 17.9 Å². The van der Waals surface area contributed by atoms with Crippen LogP contribution in [0.25, 0.3) is 10.8 Å². The number of rotatable bonds is 5. The number of nitrogen functional groups attached to an aromatic ring is 1. The highest BCUT2D eigenvalue weighted by atomic mass is 32.2. The van der Waals surface area contributed by atoms with Gasteiger partial charge in [0.1, 0.15) is 0 Å². The van der Waals surface area contributed by atoms with Crippen LogP contribution < -0.4 is 5.73 Å². The number of carboxylic acid groups (broad SMARTS) is 1. The molecule has 0 saturated carbocycles. The minimum atomic E-state index is -3.79. The van der Waals surface area contributed by atoms with Crippen LogP contribution in [-0.2, 0) is 16.6 Å². The van der Waals surface area contributed by atoms with Gasteiger partial charge in [0.15, 0.2) is 5.82 Å². The van der Waals surface area contributed by atoms with Gasteiger partial charge in [-0.3, -0.25) is 0 Å². The number of nitrogens with two attached hydrogens (primary N) is 1. The number of fused-ring (bicyclic) bond motifs is 1. The Morgan fingerprint density at radius 3 is 2.66 bits per heavy atom. The van der Waals surface area contributed by atoms with Crippen molar-refractivity contribution in [3.05, 3.63) is 48.2 Å². The molecule has 0 aliphatic carbocycles. The highest BCUT2D eigenvalue weighted by Crippen LogP contribution is 2.31. The molecule has 2 atom stereocenters. The largest absolute Gasteiger partial charge is 0.476 e. The molecule has 11 heteroatoms. The normalized spacial score (nSPS) is 20.3. The number of hydrogen-bond acceptors (Lipinski definition) is 7. The number of aromatic carboxylic acids is 1. The number of sulfonamides is 1. The Balaban J connectivity index is 1.66. The second kappa shape index (κ2) is 7.32. The van der Waals surface area contributed by atoms with Crippen molar-refractivity contribution >= 4 is 45.2 Å². The molecular weight excluding hydrogens is 414 g/mol. The van der Waals surface area contributed by atoms with Gasteiger partial charge in [0, 0.05) is 17.8 Å². The first kappa shape index (κ1) is 19.7. The molecule has 0 bridgehead atoms. The first-order valence-electron chi connectivity index (χ1n) is 8.88. The Kier molecular flexibility index (Phi) is 4.97. The van der Waals surface area contributed by atoms with Gasteiger partial charge in [0.25, 0.3) is 0 Å². The quantitative estimate of drug-likeness (QED) is 0.519. The molecule has 1 aliphatic rings. The number of aromatic nitrogens is 3. The maximum absolute atomic E-state index is 13.3. The molecule has 4 rings (SSSR count). The molecule has 29 heavy (non-hydrogen) atoms. The molecule has 0 unspecified atom stereocenters. The van der Waals surface area contributed by atoms with E-state index >= 15 is 0 Å². The lowest BCUT2D eigenvalue weighted by atomic mass is 10.1. The average molecular weight is 434 g/mol. The van der Waals surface area contributed by atoms with Crippen LogP contribution >= 0.6 is 12.6 Å². The lowest BCUT2D eigenvalue weighted by Crippen LogP contribution is -2.38. The van der Waals surface area contributed by atoms with Crippen molar-refractivity contribution in [1.82, 2.24) is 19.3 Å². The minimum Gasteiger partial charge on any atom is -0.476 e. The van der Waals surface area contributed by atoms with Crippen molar-refractivity contribution in [1.29, 1.82) is 0 Å². The van der Waals surface area contributed by atoms with Crippen LogP contribution in [0.15, 0.2) is 47.4 Å². The predicted octanol–water partition coefficient (Wildman–Crippen LogP) is 1.47. The van der Waals surface area contributed by atoms with Crippen molar-refractivity contribution in [2.24, 2.45) is 0 Å². The van der Waals surface area contributed by atoms with Gasteiger partial charge in [-0.15, -0.1) is 5.10 Å². The number of carbonyl (C=O) groups is 1. The van der Waals surface area contributed by atoms with E-state index in [1.54, 1.807) is 18.2 Å². The first-order chi connectivity index (χ1) is 13.8. The van der Waals surface area contributed by atoms with Gasteiger partial charge in [-0.05, 0) is 29.3 Å². The fourth-order valence-corrected chi connectivity index (χ4v) is 5.83. The van der Waals surface area contributed by atoms with Crippen molar-refractivity contribution in [2.45, 2.75) is 29.2 Å². The Labute approximate surface area is 172 Å². The number of hydrogen-bond donors (Lipinski definition) is 3. The smallest absolute Gasteiger partial charge is 0.360 e. The molecule has 1 aliphatic heterocycles. The van der Waals surface area contributed by atoms with Gasteiger partial charge in [-0.1, -0.05) is 35.5 Å². The Morgan fingerprint density at radius 1 is 1.24 bits per heavy atom. The van der Waals surface area contributed by atoms with Crippen LogP contribution in [0.1, 0.15) is 16.9 Å². The van der Waals surface area contributed by atoms with Crippen molar-refractivity contribution in [2.75, 3.05) is 12.3 Å². The van der Waals surface area contributed by atoms with Crippen LogP contribution in [0.5, 0.6) is 0 Å². The van der Waals surface area contributed by atoms with E-state index in [0.29, 0.717) is 6.42 Å². The lowest BCUT2D eigenvalue weighted by Gasteiger charge is -2.24. The molecular formula is C18H19N5O4S2. The fourth-order valence-electron chi connectivity index (χ4n) is 3.59. The summed E-state index contributed by atoms with van der Waals surface area (Å²) in [6.07, 6.45) is 0.484. The third-order valence-corrected chi connectivity index (χ3v) is 7.32. The van der Waals surface area contributed by atoms with E-state index in [1.165, 1.54) is 8.99 Å². The van der Waals surface area contributed by atoms with E-state index in [4.69, 9.17) is 10.8 Å². The van der Waals surface area contributed by atoms with Gasteiger partial charge < -0.3 is 10.8 Å². The Hall–Kier alpha value is -2.63. The summed E-state index contributed by atoms with van der Waals surface area (Å²) >= 11 is 4.47.